The predicted octanol–water partition coefficient (Wildman–Crippen LogP) is 3.60. The molecule has 0 atom stereocenters. The summed E-state index contributed by atoms with van der Waals surface area (Å²) >= 11 is 0. The number of amides is 1. The van der Waals surface area contributed by atoms with E-state index < -0.39 is 0 Å². The number of aromatic nitrogens is 3. The second-order valence-corrected chi connectivity index (χ2v) is 5.23. The summed E-state index contributed by atoms with van der Waals surface area (Å²) in [4.78, 5) is 23.7. The van der Waals surface area contributed by atoms with E-state index in [1.807, 2.05) is 25.1 Å². The van der Waals surface area contributed by atoms with Crippen molar-refractivity contribution < 1.29 is 9.53 Å². The van der Waals surface area contributed by atoms with Gasteiger partial charge in [-0.1, -0.05) is 0 Å². The van der Waals surface area contributed by atoms with E-state index in [4.69, 9.17) is 4.74 Å². The molecule has 3 heterocycles. The highest BCUT2D eigenvalue weighted by Gasteiger charge is 2.04. The van der Waals surface area contributed by atoms with E-state index in [0.717, 1.165) is 17.0 Å². The molecule has 6 nitrogen and oxygen atoms in total. The van der Waals surface area contributed by atoms with Crippen molar-refractivity contribution >= 4 is 11.7 Å². The number of ether oxygens (including phenoxy) is 1. The van der Waals surface area contributed by atoms with E-state index in [0.29, 0.717) is 17.3 Å². The number of aryl methyl sites for hydroxylation is 1. The number of nitrogens with zero attached hydrogens (tertiary/aromatic N) is 3. The average molecular weight is 320 g/mol. The van der Waals surface area contributed by atoms with Crippen molar-refractivity contribution in [3.8, 4) is 22.8 Å². The molecule has 0 saturated carbocycles. The monoisotopic (exact) mass is 320 g/mol. The molecule has 0 unspecified atom stereocenters. The van der Waals surface area contributed by atoms with Crippen LogP contribution in [-0.2, 0) is 4.79 Å². The van der Waals surface area contributed by atoms with Gasteiger partial charge >= 0.3 is 0 Å². The Balaban J connectivity index is 1.78. The standard InChI is InChI=1S/C18H16N4O2/c1-12-9-14(5-7-19-12)17-10-15(6-8-20-17)24-16-3-4-18(21-11-16)22-13(2)23/h3-11H,1-2H3,(H,21,22,23). The maximum absolute atomic E-state index is 11.0. The van der Waals surface area contributed by atoms with Gasteiger partial charge in [-0.05, 0) is 37.3 Å². The highest BCUT2D eigenvalue weighted by Crippen LogP contribution is 2.25. The van der Waals surface area contributed by atoms with Crippen LogP contribution in [0.4, 0.5) is 5.82 Å². The van der Waals surface area contributed by atoms with E-state index in [-0.39, 0.29) is 5.91 Å². The Kier molecular flexibility index (Phi) is 4.47. The van der Waals surface area contributed by atoms with Gasteiger partial charge in [0.05, 0.1) is 11.9 Å². The molecule has 1 amide bonds. The number of nitrogens with one attached hydrogen (secondary N) is 1. The van der Waals surface area contributed by atoms with Crippen LogP contribution in [0, 0.1) is 6.92 Å². The van der Waals surface area contributed by atoms with Crippen LogP contribution >= 0.6 is 0 Å². The third-order valence-electron chi connectivity index (χ3n) is 3.20. The summed E-state index contributed by atoms with van der Waals surface area (Å²) in [6, 6.07) is 10.9. The van der Waals surface area contributed by atoms with Crippen molar-refractivity contribution in [2.75, 3.05) is 5.32 Å². The molecule has 24 heavy (non-hydrogen) atoms. The van der Waals surface area contributed by atoms with Crippen molar-refractivity contribution in [2.45, 2.75) is 13.8 Å². The summed E-state index contributed by atoms with van der Waals surface area (Å²) in [5.41, 5.74) is 2.71. The van der Waals surface area contributed by atoms with Gasteiger partial charge in [-0.25, -0.2) is 4.98 Å². The maximum Gasteiger partial charge on any atom is 0.222 e. The van der Waals surface area contributed by atoms with Gasteiger partial charge < -0.3 is 10.1 Å². The van der Waals surface area contributed by atoms with Crippen LogP contribution in [0.5, 0.6) is 11.5 Å². The first kappa shape index (κ1) is 15.6. The molecule has 0 fully saturated rings. The van der Waals surface area contributed by atoms with Crippen molar-refractivity contribution in [1.29, 1.82) is 0 Å². The van der Waals surface area contributed by atoms with Crippen molar-refractivity contribution in [2.24, 2.45) is 0 Å². The molecule has 0 spiro atoms. The minimum atomic E-state index is -0.164. The van der Waals surface area contributed by atoms with E-state index in [2.05, 4.69) is 20.3 Å². The van der Waals surface area contributed by atoms with Gasteiger partial charge in [-0.2, -0.15) is 0 Å². The number of carbonyl (C=O) groups excluding carboxylic acids is 1. The summed E-state index contributed by atoms with van der Waals surface area (Å²) < 4.78 is 5.80. The molecular weight excluding hydrogens is 304 g/mol. The molecular formula is C18H16N4O2. The lowest BCUT2D eigenvalue weighted by molar-refractivity contribution is -0.114. The number of carbonyl (C=O) groups is 1. The Hall–Kier alpha value is -3.28. The first-order valence-electron chi connectivity index (χ1n) is 7.41. The molecule has 0 saturated heterocycles. The Morgan fingerprint density at radius 1 is 1.00 bits per heavy atom. The molecule has 120 valence electrons. The van der Waals surface area contributed by atoms with Crippen LogP contribution in [0.15, 0.2) is 55.0 Å². The maximum atomic E-state index is 11.0. The number of hydrogen-bond acceptors (Lipinski definition) is 5. The van der Waals surface area contributed by atoms with E-state index in [1.54, 1.807) is 36.8 Å². The fraction of sp³-hybridized carbons (Fsp3) is 0.111. The Labute approximate surface area is 139 Å². The fourth-order valence-electron chi connectivity index (χ4n) is 2.17. The van der Waals surface area contributed by atoms with Crippen LogP contribution in [0.2, 0.25) is 0 Å². The normalized spacial score (nSPS) is 10.2. The summed E-state index contributed by atoms with van der Waals surface area (Å²) in [5, 5.41) is 2.61. The van der Waals surface area contributed by atoms with Crippen LogP contribution in [-0.4, -0.2) is 20.9 Å². The van der Waals surface area contributed by atoms with E-state index >= 15 is 0 Å². The minimum absolute atomic E-state index is 0.164. The molecule has 0 aliphatic carbocycles. The average Bonchev–Trinajstić information content (AvgIpc) is 2.56. The molecule has 3 rings (SSSR count). The SMILES string of the molecule is CC(=O)Nc1ccc(Oc2ccnc(-c3ccnc(C)c3)c2)cn1. The molecule has 0 radical (unpaired) electrons. The highest BCUT2D eigenvalue weighted by atomic mass is 16.5. The first-order valence-corrected chi connectivity index (χ1v) is 7.41. The molecule has 0 aliphatic heterocycles. The lowest BCUT2D eigenvalue weighted by Crippen LogP contribution is -2.06. The summed E-state index contributed by atoms with van der Waals surface area (Å²) in [7, 11) is 0. The zero-order valence-electron chi connectivity index (χ0n) is 13.4. The zero-order valence-corrected chi connectivity index (χ0v) is 13.4. The topological polar surface area (TPSA) is 77.0 Å². The van der Waals surface area contributed by atoms with Gasteiger partial charge in [0.1, 0.15) is 17.3 Å². The Morgan fingerprint density at radius 3 is 2.54 bits per heavy atom. The molecule has 3 aromatic heterocycles. The summed E-state index contributed by atoms with van der Waals surface area (Å²) in [5.74, 6) is 1.55. The minimum Gasteiger partial charge on any atom is -0.456 e. The summed E-state index contributed by atoms with van der Waals surface area (Å²) in [6.45, 7) is 3.37. The lowest BCUT2D eigenvalue weighted by Gasteiger charge is -2.08. The molecule has 6 heteroatoms. The number of rotatable bonds is 4. The van der Waals surface area contributed by atoms with Crippen LogP contribution in [0.3, 0.4) is 0 Å². The van der Waals surface area contributed by atoms with Crippen molar-refractivity contribution in [1.82, 2.24) is 15.0 Å². The van der Waals surface area contributed by atoms with Crippen LogP contribution < -0.4 is 10.1 Å². The fourth-order valence-corrected chi connectivity index (χ4v) is 2.17. The van der Waals surface area contributed by atoms with Gasteiger partial charge in [0, 0.05) is 36.6 Å². The van der Waals surface area contributed by atoms with E-state index in [1.165, 1.54) is 6.92 Å². The smallest absolute Gasteiger partial charge is 0.222 e. The van der Waals surface area contributed by atoms with E-state index in [9.17, 15) is 4.79 Å². The van der Waals surface area contributed by atoms with Gasteiger partial charge in [0.25, 0.3) is 0 Å². The molecule has 0 aliphatic rings. The summed E-state index contributed by atoms with van der Waals surface area (Å²) in [6.07, 6.45) is 5.01. The predicted molar refractivity (Wildman–Crippen MR) is 90.8 cm³/mol. The second kappa shape index (κ2) is 6.87. The largest absolute Gasteiger partial charge is 0.456 e. The van der Waals surface area contributed by atoms with Crippen LogP contribution in [0.1, 0.15) is 12.6 Å². The number of anilines is 1. The van der Waals surface area contributed by atoms with Gasteiger partial charge in [-0.3, -0.25) is 14.8 Å². The Bertz CT molecular complexity index is 863. The van der Waals surface area contributed by atoms with Crippen LogP contribution in [0.25, 0.3) is 11.3 Å². The molecule has 0 aromatic carbocycles. The first-order chi connectivity index (χ1) is 11.6. The number of pyridine rings is 3. The van der Waals surface area contributed by atoms with Crippen molar-refractivity contribution in [3.63, 3.8) is 0 Å². The van der Waals surface area contributed by atoms with Crippen molar-refractivity contribution in [3.05, 3.63) is 60.7 Å². The quantitative estimate of drug-likeness (QED) is 0.795. The van der Waals surface area contributed by atoms with Gasteiger partial charge in [0.2, 0.25) is 5.91 Å². The third kappa shape index (κ3) is 3.92. The van der Waals surface area contributed by atoms with Gasteiger partial charge in [-0.15, -0.1) is 0 Å². The lowest BCUT2D eigenvalue weighted by atomic mass is 10.1. The van der Waals surface area contributed by atoms with Gasteiger partial charge in [0.15, 0.2) is 0 Å². The second-order valence-electron chi connectivity index (χ2n) is 5.23. The molecule has 3 aromatic rings. The molecule has 0 bridgehead atoms. The zero-order chi connectivity index (χ0) is 16.9. The Morgan fingerprint density at radius 2 is 1.83 bits per heavy atom. The third-order valence-corrected chi connectivity index (χ3v) is 3.20. The highest BCUT2D eigenvalue weighted by molar-refractivity contribution is 5.87. The number of hydrogen-bond donors (Lipinski definition) is 1. The molecule has 1 N–H and O–H groups in total.